The van der Waals surface area contributed by atoms with Gasteiger partial charge < -0.3 is 14.1 Å². The second-order valence-electron chi connectivity index (χ2n) is 10.8. The summed E-state index contributed by atoms with van der Waals surface area (Å²) < 4.78 is 25.3. The highest BCUT2D eigenvalue weighted by Crippen LogP contribution is 2.39. The van der Waals surface area contributed by atoms with Crippen molar-refractivity contribution in [1.82, 2.24) is 4.90 Å². The first kappa shape index (κ1) is 27.3. The third kappa shape index (κ3) is 6.13. The van der Waals surface area contributed by atoms with Gasteiger partial charge in [-0.15, -0.1) is 0 Å². The van der Waals surface area contributed by atoms with E-state index >= 15 is 0 Å². The lowest BCUT2D eigenvalue weighted by molar-refractivity contribution is -0.136. The molecule has 7 nitrogen and oxygen atoms in total. The summed E-state index contributed by atoms with van der Waals surface area (Å²) >= 11 is 5.87. The second-order valence-corrected chi connectivity index (χ2v) is 16.0. The van der Waals surface area contributed by atoms with Crippen LogP contribution in [-0.2, 0) is 18.8 Å². The minimum atomic E-state index is -2.38. The number of ether oxygens (including phenoxy) is 1. The number of likely N-dealkylation sites (tertiary alicyclic amines) is 1. The molecule has 0 bridgehead atoms. The molecule has 1 fully saturated rings. The van der Waals surface area contributed by atoms with Gasteiger partial charge in [-0.2, -0.15) is 0 Å². The zero-order chi connectivity index (χ0) is 25.5. The van der Waals surface area contributed by atoms with Gasteiger partial charge in [0.05, 0.1) is 5.02 Å². The van der Waals surface area contributed by atoms with E-state index in [2.05, 4.69) is 0 Å². The Hall–Kier alpha value is -1.97. The maximum atomic E-state index is 13.6. The van der Waals surface area contributed by atoms with Crippen molar-refractivity contribution in [3.63, 3.8) is 0 Å². The maximum absolute atomic E-state index is 13.6. The van der Waals surface area contributed by atoms with Crippen molar-refractivity contribution < 1.29 is 27.9 Å². The van der Waals surface area contributed by atoms with Crippen LogP contribution < -0.4 is 4.90 Å². The minimum Gasteiger partial charge on any atom is -0.443 e. The van der Waals surface area contributed by atoms with E-state index in [4.69, 9.17) is 20.8 Å². The molecule has 0 saturated carbocycles. The molecule has 33 heavy (non-hydrogen) atoms. The molecule has 0 N–H and O–H groups in total. The van der Waals surface area contributed by atoms with E-state index in [1.807, 2.05) is 33.9 Å². The summed E-state index contributed by atoms with van der Waals surface area (Å²) in [5.41, 5.74) is -0.531. The average molecular weight is 501 g/mol. The van der Waals surface area contributed by atoms with Crippen LogP contribution in [0.1, 0.15) is 48.0 Å². The standard InChI is InChI=1S/C23H34ClFN2O5Si/c1-22(2,3)31-21(30)27-17(13-18(20(27)29)32-33(8,9)23(4,5)6)19(28)26(7)14-10-11-16(25)15(24)12-14/h10-12,17-18H,13H2,1-9H3/t17-,18-/m0/s1. The lowest BCUT2D eigenvalue weighted by atomic mass is 10.1. The summed E-state index contributed by atoms with van der Waals surface area (Å²) in [5, 5.41) is -0.314. The zero-order valence-corrected chi connectivity index (χ0v) is 22.5. The van der Waals surface area contributed by atoms with Gasteiger partial charge in [-0.3, -0.25) is 9.59 Å². The summed E-state index contributed by atoms with van der Waals surface area (Å²) in [6.45, 7) is 15.2. The predicted molar refractivity (Wildman–Crippen MR) is 128 cm³/mol. The number of rotatable bonds is 4. The van der Waals surface area contributed by atoms with Crippen LogP contribution in [0.2, 0.25) is 23.2 Å². The molecular weight excluding hydrogens is 467 g/mol. The first-order chi connectivity index (χ1) is 14.9. The normalized spacial score (nSPS) is 19.6. The van der Waals surface area contributed by atoms with E-state index in [1.54, 1.807) is 20.8 Å². The predicted octanol–water partition coefficient (Wildman–Crippen LogP) is 5.37. The quantitative estimate of drug-likeness (QED) is 0.519. The monoisotopic (exact) mass is 500 g/mol. The van der Waals surface area contributed by atoms with Gasteiger partial charge in [-0.25, -0.2) is 14.1 Å². The molecule has 1 aromatic rings. The summed E-state index contributed by atoms with van der Waals surface area (Å²) in [4.78, 5) is 41.8. The molecule has 0 unspecified atom stereocenters. The van der Waals surface area contributed by atoms with Gasteiger partial charge in [-0.1, -0.05) is 32.4 Å². The lowest BCUT2D eigenvalue weighted by Gasteiger charge is -2.37. The minimum absolute atomic E-state index is 0.00267. The van der Waals surface area contributed by atoms with Crippen molar-refractivity contribution in [1.29, 1.82) is 0 Å². The van der Waals surface area contributed by atoms with E-state index in [0.717, 1.165) is 11.0 Å². The summed E-state index contributed by atoms with van der Waals surface area (Å²) in [6, 6.07) is 2.73. The third-order valence-electron chi connectivity index (χ3n) is 6.00. The Balaban J connectivity index is 2.40. The number of imide groups is 1. The van der Waals surface area contributed by atoms with Crippen molar-refractivity contribution in [3.05, 3.63) is 29.0 Å². The Morgan fingerprint density at radius 1 is 1.18 bits per heavy atom. The van der Waals surface area contributed by atoms with E-state index in [9.17, 15) is 18.8 Å². The molecule has 1 saturated heterocycles. The molecule has 1 aliphatic heterocycles. The Labute approximate surface area is 201 Å². The van der Waals surface area contributed by atoms with Crippen LogP contribution in [0, 0.1) is 5.82 Å². The van der Waals surface area contributed by atoms with Gasteiger partial charge >= 0.3 is 6.09 Å². The molecular formula is C23H34ClFN2O5Si. The molecule has 3 amide bonds. The summed E-state index contributed by atoms with van der Waals surface area (Å²) in [5.74, 6) is -1.74. The van der Waals surface area contributed by atoms with Gasteiger partial charge in [0.2, 0.25) is 5.91 Å². The fourth-order valence-electron chi connectivity index (χ4n) is 3.13. The number of amides is 3. The van der Waals surface area contributed by atoms with Crippen molar-refractivity contribution in [2.45, 2.75) is 83.8 Å². The fraction of sp³-hybridized carbons (Fsp3) is 0.609. The van der Waals surface area contributed by atoms with Crippen molar-refractivity contribution >= 4 is 43.5 Å². The van der Waals surface area contributed by atoms with Gasteiger partial charge in [-0.05, 0) is 57.1 Å². The number of benzene rings is 1. The third-order valence-corrected chi connectivity index (χ3v) is 10.8. The molecule has 0 aromatic heterocycles. The molecule has 184 valence electrons. The highest BCUT2D eigenvalue weighted by atomic mass is 35.5. The van der Waals surface area contributed by atoms with Crippen LogP contribution in [0.5, 0.6) is 0 Å². The number of carbonyl (C=O) groups excluding carboxylic acids is 3. The number of hydrogen-bond acceptors (Lipinski definition) is 5. The van der Waals surface area contributed by atoms with E-state index < -0.39 is 49.8 Å². The Morgan fingerprint density at radius 3 is 2.24 bits per heavy atom. The van der Waals surface area contributed by atoms with Crippen molar-refractivity contribution in [3.8, 4) is 0 Å². The average Bonchev–Trinajstić information content (AvgIpc) is 2.96. The molecule has 2 rings (SSSR count). The zero-order valence-electron chi connectivity index (χ0n) is 20.8. The number of nitrogens with zero attached hydrogens (tertiary/aromatic N) is 2. The van der Waals surface area contributed by atoms with Crippen LogP contribution in [0.15, 0.2) is 18.2 Å². The van der Waals surface area contributed by atoms with Crippen LogP contribution in [0.3, 0.4) is 0 Å². The molecule has 1 aliphatic rings. The summed E-state index contributed by atoms with van der Waals surface area (Å²) in [6.07, 6.45) is -1.85. The van der Waals surface area contributed by atoms with Crippen LogP contribution in [-0.4, -0.2) is 55.9 Å². The van der Waals surface area contributed by atoms with Gasteiger partial charge in [0.25, 0.3) is 5.91 Å². The number of hydrogen-bond donors (Lipinski definition) is 0. The molecule has 1 aromatic carbocycles. The van der Waals surface area contributed by atoms with Crippen LogP contribution in [0.25, 0.3) is 0 Å². The van der Waals surface area contributed by atoms with Crippen LogP contribution in [0.4, 0.5) is 14.9 Å². The number of likely N-dealkylation sites (N-methyl/N-ethyl adjacent to an activating group) is 1. The Kier molecular flexibility index (Phi) is 7.72. The Morgan fingerprint density at radius 2 is 1.76 bits per heavy atom. The van der Waals surface area contributed by atoms with E-state index in [1.165, 1.54) is 24.1 Å². The van der Waals surface area contributed by atoms with Gasteiger partial charge in [0.15, 0.2) is 8.32 Å². The fourth-order valence-corrected chi connectivity index (χ4v) is 4.57. The topological polar surface area (TPSA) is 76.2 Å². The van der Waals surface area contributed by atoms with E-state index in [-0.39, 0.29) is 16.5 Å². The van der Waals surface area contributed by atoms with E-state index in [0.29, 0.717) is 5.69 Å². The summed E-state index contributed by atoms with van der Waals surface area (Å²) in [7, 11) is -0.898. The Bertz CT molecular complexity index is 942. The maximum Gasteiger partial charge on any atom is 0.417 e. The highest BCUT2D eigenvalue weighted by Gasteiger charge is 2.52. The van der Waals surface area contributed by atoms with Gasteiger partial charge in [0, 0.05) is 19.2 Å². The number of carbonyl (C=O) groups is 3. The number of anilines is 1. The molecule has 0 aliphatic carbocycles. The lowest BCUT2D eigenvalue weighted by Crippen LogP contribution is -2.50. The SMILES string of the molecule is CN(C(=O)[C@@H]1C[C@H](O[Si](C)(C)C(C)(C)C)C(=O)N1C(=O)OC(C)(C)C)c1ccc(F)c(Cl)c1. The molecule has 2 atom stereocenters. The molecule has 1 heterocycles. The molecule has 0 spiro atoms. The highest BCUT2D eigenvalue weighted by molar-refractivity contribution is 6.74. The molecule has 10 heteroatoms. The van der Waals surface area contributed by atoms with Crippen molar-refractivity contribution in [2.75, 3.05) is 11.9 Å². The molecule has 0 radical (unpaired) electrons. The van der Waals surface area contributed by atoms with Crippen LogP contribution >= 0.6 is 11.6 Å². The van der Waals surface area contributed by atoms with Gasteiger partial charge in [0.1, 0.15) is 23.6 Å². The second kappa shape index (κ2) is 9.35. The largest absolute Gasteiger partial charge is 0.443 e. The number of halogens is 2. The first-order valence-electron chi connectivity index (χ1n) is 10.8. The smallest absolute Gasteiger partial charge is 0.417 e. The first-order valence-corrected chi connectivity index (χ1v) is 14.1. The van der Waals surface area contributed by atoms with Crippen molar-refractivity contribution in [2.24, 2.45) is 0 Å².